The summed E-state index contributed by atoms with van der Waals surface area (Å²) in [5.74, 6) is -1.09. The van der Waals surface area contributed by atoms with Crippen LogP contribution in [0.3, 0.4) is 0 Å². The molecule has 0 heterocycles. The van der Waals surface area contributed by atoms with Crippen LogP contribution in [0.4, 0.5) is 5.69 Å². The first kappa shape index (κ1) is 14.8. The predicted molar refractivity (Wildman–Crippen MR) is 72.3 cm³/mol. The lowest BCUT2D eigenvalue weighted by molar-refractivity contribution is -0.131. The van der Waals surface area contributed by atoms with Crippen molar-refractivity contribution in [2.45, 2.75) is 19.8 Å². The van der Waals surface area contributed by atoms with Crippen LogP contribution in [0.15, 0.2) is 36.4 Å². The number of ether oxygens (including phenoxy) is 1. The molecule has 5 heteroatoms. The third kappa shape index (κ3) is 5.72. The van der Waals surface area contributed by atoms with Gasteiger partial charge < -0.3 is 15.2 Å². The van der Waals surface area contributed by atoms with E-state index >= 15 is 0 Å². The number of aliphatic carboxylic acids is 1. The van der Waals surface area contributed by atoms with Crippen LogP contribution in [0.5, 0.6) is 5.75 Å². The second-order valence-electron chi connectivity index (χ2n) is 3.86. The zero-order valence-corrected chi connectivity index (χ0v) is 10.8. The number of rotatable bonds is 7. The standard InChI is InChI=1S/C14H17NO4/c1-2-3-10-19-12-7-5-4-6-11(12)15-13(16)8-9-14(17)18/h4-9H,2-3,10H2,1H3,(H,15,16)(H,17,18)/b9-8+. The van der Waals surface area contributed by atoms with E-state index in [1.165, 1.54) is 0 Å². The predicted octanol–water partition coefficient (Wildman–Crippen LogP) is 2.44. The van der Waals surface area contributed by atoms with E-state index in [-0.39, 0.29) is 0 Å². The first-order chi connectivity index (χ1) is 9.13. The van der Waals surface area contributed by atoms with E-state index in [0.717, 1.165) is 25.0 Å². The molecule has 0 aliphatic heterocycles. The van der Waals surface area contributed by atoms with Crippen molar-refractivity contribution < 1.29 is 19.4 Å². The second-order valence-corrected chi connectivity index (χ2v) is 3.86. The van der Waals surface area contributed by atoms with Crippen LogP contribution in [0.1, 0.15) is 19.8 Å². The van der Waals surface area contributed by atoms with Crippen molar-refractivity contribution in [1.82, 2.24) is 0 Å². The van der Waals surface area contributed by atoms with E-state index in [9.17, 15) is 9.59 Å². The highest BCUT2D eigenvalue weighted by Crippen LogP contribution is 2.23. The van der Waals surface area contributed by atoms with Gasteiger partial charge in [0, 0.05) is 12.2 Å². The molecule has 0 unspecified atom stereocenters. The zero-order valence-electron chi connectivity index (χ0n) is 10.8. The Hall–Kier alpha value is -2.30. The average Bonchev–Trinajstić information content (AvgIpc) is 2.39. The van der Waals surface area contributed by atoms with E-state index in [1.807, 2.05) is 6.07 Å². The smallest absolute Gasteiger partial charge is 0.328 e. The van der Waals surface area contributed by atoms with Gasteiger partial charge in [0.05, 0.1) is 12.3 Å². The highest BCUT2D eigenvalue weighted by molar-refractivity contribution is 6.03. The summed E-state index contributed by atoms with van der Waals surface area (Å²) in [5, 5.41) is 11.0. The number of hydrogen-bond acceptors (Lipinski definition) is 3. The monoisotopic (exact) mass is 263 g/mol. The van der Waals surface area contributed by atoms with Crippen LogP contribution in [0.25, 0.3) is 0 Å². The molecule has 0 saturated carbocycles. The molecule has 0 aliphatic rings. The van der Waals surface area contributed by atoms with Gasteiger partial charge in [-0.3, -0.25) is 4.79 Å². The highest BCUT2D eigenvalue weighted by atomic mass is 16.5. The summed E-state index contributed by atoms with van der Waals surface area (Å²) in [6.07, 6.45) is 3.71. The number of benzene rings is 1. The molecular formula is C14H17NO4. The number of anilines is 1. The number of carbonyl (C=O) groups excluding carboxylic acids is 1. The molecule has 0 radical (unpaired) electrons. The molecule has 2 N–H and O–H groups in total. The number of carboxylic acids is 1. The lowest BCUT2D eigenvalue weighted by Gasteiger charge is -2.11. The number of carboxylic acid groups (broad SMARTS) is 1. The fourth-order valence-corrected chi connectivity index (χ4v) is 1.34. The SMILES string of the molecule is CCCCOc1ccccc1NC(=O)/C=C/C(=O)O. The van der Waals surface area contributed by atoms with Crippen LogP contribution in [0.2, 0.25) is 0 Å². The molecule has 1 aromatic rings. The number of unbranched alkanes of at least 4 members (excludes halogenated alkanes) is 1. The minimum atomic E-state index is -1.16. The third-order valence-corrected chi connectivity index (χ3v) is 2.28. The van der Waals surface area contributed by atoms with Gasteiger partial charge in [-0.15, -0.1) is 0 Å². The fraction of sp³-hybridized carbons (Fsp3) is 0.286. The highest BCUT2D eigenvalue weighted by Gasteiger charge is 2.05. The van der Waals surface area contributed by atoms with Crippen molar-refractivity contribution in [3.8, 4) is 5.75 Å². The van der Waals surface area contributed by atoms with Gasteiger partial charge in [-0.2, -0.15) is 0 Å². The molecule has 0 spiro atoms. The van der Waals surface area contributed by atoms with Crippen LogP contribution < -0.4 is 10.1 Å². The van der Waals surface area contributed by atoms with Crippen LogP contribution in [0, 0.1) is 0 Å². The third-order valence-electron chi connectivity index (χ3n) is 2.28. The van der Waals surface area contributed by atoms with Crippen molar-refractivity contribution in [2.75, 3.05) is 11.9 Å². The molecule has 19 heavy (non-hydrogen) atoms. The summed E-state index contributed by atoms with van der Waals surface area (Å²) < 4.78 is 5.55. The van der Waals surface area contributed by atoms with Gasteiger partial charge in [0.2, 0.25) is 5.91 Å². The van der Waals surface area contributed by atoms with Gasteiger partial charge in [-0.05, 0) is 18.6 Å². The van der Waals surface area contributed by atoms with Gasteiger partial charge in [0.15, 0.2) is 0 Å². The quantitative estimate of drug-likeness (QED) is 0.585. The Morgan fingerprint density at radius 1 is 1.32 bits per heavy atom. The maximum atomic E-state index is 11.5. The van der Waals surface area contributed by atoms with E-state index in [1.54, 1.807) is 18.2 Å². The van der Waals surface area contributed by atoms with E-state index in [2.05, 4.69) is 12.2 Å². The van der Waals surface area contributed by atoms with E-state index in [0.29, 0.717) is 18.0 Å². The van der Waals surface area contributed by atoms with E-state index in [4.69, 9.17) is 9.84 Å². The molecule has 1 aromatic carbocycles. The molecule has 1 amide bonds. The fourth-order valence-electron chi connectivity index (χ4n) is 1.34. The van der Waals surface area contributed by atoms with Gasteiger partial charge >= 0.3 is 5.97 Å². The van der Waals surface area contributed by atoms with Crippen LogP contribution in [-0.2, 0) is 9.59 Å². The molecule has 5 nitrogen and oxygen atoms in total. The lowest BCUT2D eigenvalue weighted by Crippen LogP contribution is -2.10. The van der Waals surface area contributed by atoms with Crippen molar-refractivity contribution in [3.05, 3.63) is 36.4 Å². The first-order valence-corrected chi connectivity index (χ1v) is 6.07. The summed E-state index contributed by atoms with van der Waals surface area (Å²) >= 11 is 0. The number of amides is 1. The largest absolute Gasteiger partial charge is 0.491 e. The molecule has 0 atom stereocenters. The molecule has 0 aromatic heterocycles. The maximum Gasteiger partial charge on any atom is 0.328 e. The van der Waals surface area contributed by atoms with Crippen molar-refractivity contribution in [3.63, 3.8) is 0 Å². The number of hydrogen-bond donors (Lipinski definition) is 2. The Morgan fingerprint density at radius 3 is 2.74 bits per heavy atom. The van der Waals surface area contributed by atoms with Crippen LogP contribution >= 0.6 is 0 Å². The second kappa shape index (κ2) is 7.92. The number of carbonyl (C=O) groups is 2. The normalized spacial score (nSPS) is 10.4. The first-order valence-electron chi connectivity index (χ1n) is 6.07. The zero-order chi connectivity index (χ0) is 14.1. The van der Waals surface area contributed by atoms with E-state index < -0.39 is 11.9 Å². The molecule has 0 aliphatic carbocycles. The van der Waals surface area contributed by atoms with Crippen LogP contribution in [-0.4, -0.2) is 23.6 Å². The summed E-state index contributed by atoms with van der Waals surface area (Å²) in [5.41, 5.74) is 0.527. The lowest BCUT2D eigenvalue weighted by atomic mass is 10.3. The Balaban J connectivity index is 2.66. The Kier molecular flexibility index (Phi) is 6.15. The Morgan fingerprint density at radius 2 is 2.05 bits per heavy atom. The average molecular weight is 263 g/mol. The van der Waals surface area contributed by atoms with Gasteiger partial charge in [-0.1, -0.05) is 25.5 Å². The number of nitrogens with one attached hydrogen (secondary N) is 1. The van der Waals surface area contributed by atoms with Gasteiger partial charge in [-0.25, -0.2) is 4.79 Å². The van der Waals surface area contributed by atoms with Crippen molar-refractivity contribution in [2.24, 2.45) is 0 Å². The minimum Gasteiger partial charge on any atom is -0.491 e. The summed E-state index contributed by atoms with van der Waals surface area (Å²) in [6, 6.07) is 7.03. The van der Waals surface area contributed by atoms with Crippen molar-refractivity contribution in [1.29, 1.82) is 0 Å². The Bertz CT molecular complexity index is 468. The molecule has 102 valence electrons. The molecule has 0 bridgehead atoms. The molecule has 0 saturated heterocycles. The maximum absolute atomic E-state index is 11.5. The molecule has 1 rings (SSSR count). The van der Waals surface area contributed by atoms with Gasteiger partial charge in [0.1, 0.15) is 5.75 Å². The molecule has 0 fully saturated rings. The summed E-state index contributed by atoms with van der Waals surface area (Å²) in [6.45, 7) is 2.64. The topological polar surface area (TPSA) is 75.6 Å². The van der Waals surface area contributed by atoms with Crippen molar-refractivity contribution >= 4 is 17.6 Å². The summed E-state index contributed by atoms with van der Waals surface area (Å²) in [4.78, 5) is 21.8. The molecular weight excluding hydrogens is 246 g/mol. The number of para-hydroxylation sites is 2. The minimum absolute atomic E-state index is 0.506. The van der Waals surface area contributed by atoms with Gasteiger partial charge in [0.25, 0.3) is 0 Å². The Labute approximate surface area is 111 Å². The summed E-state index contributed by atoms with van der Waals surface area (Å²) in [7, 11) is 0.